The van der Waals surface area contributed by atoms with E-state index in [1.165, 1.54) is 0 Å². The summed E-state index contributed by atoms with van der Waals surface area (Å²) in [5.41, 5.74) is 0.956. The summed E-state index contributed by atoms with van der Waals surface area (Å²) in [4.78, 5) is 13.0. The van der Waals surface area contributed by atoms with Crippen LogP contribution in [0.1, 0.15) is 5.69 Å². The molecule has 0 radical (unpaired) electrons. The summed E-state index contributed by atoms with van der Waals surface area (Å²) >= 11 is 0. The molecule has 0 atom stereocenters. The van der Waals surface area contributed by atoms with Gasteiger partial charge in [-0.1, -0.05) is 0 Å². The van der Waals surface area contributed by atoms with Crippen molar-refractivity contribution in [2.45, 2.75) is 6.54 Å². The highest BCUT2D eigenvalue weighted by atomic mass is 15.3. The van der Waals surface area contributed by atoms with Crippen LogP contribution in [0.5, 0.6) is 0 Å². The van der Waals surface area contributed by atoms with Crippen molar-refractivity contribution in [3.05, 3.63) is 36.3 Å². The highest BCUT2D eigenvalue weighted by molar-refractivity contribution is 5.41. The molecule has 1 fully saturated rings. The van der Waals surface area contributed by atoms with Gasteiger partial charge in [0.05, 0.1) is 5.69 Å². The Hall–Kier alpha value is -2.28. The predicted molar refractivity (Wildman–Crippen MR) is 81.3 cm³/mol. The number of piperazine rings is 1. The number of hydrogen-bond acceptors (Lipinski definition) is 7. The standard InChI is InChI=1S/C14H19N7/c1-15-11-12-3-4-13(19-18-12)20-7-9-21(10-8-20)14-16-5-2-6-17-14/h2-6,15H,7-11H2,1H3. The number of nitrogens with zero attached hydrogens (tertiary/aromatic N) is 6. The molecule has 0 unspecified atom stereocenters. The van der Waals surface area contributed by atoms with Gasteiger partial charge in [0.25, 0.3) is 0 Å². The summed E-state index contributed by atoms with van der Waals surface area (Å²) in [5.74, 6) is 1.73. The lowest BCUT2D eigenvalue weighted by molar-refractivity contribution is 0.629. The molecule has 21 heavy (non-hydrogen) atoms. The van der Waals surface area contributed by atoms with Crippen LogP contribution in [-0.2, 0) is 6.54 Å². The van der Waals surface area contributed by atoms with Crippen LogP contribution in [0.15, 0.2) is 30.6 Å². The zero-order valence-corrected chi connectivity index (χ0v) is 12.1. The number of aromatic nitrogens is 4. The molecule has 0 aromatic carbocycles. The Balaban J connectivity index is 1.60. The number of hydrogen-bond donors (Lipinski definition) is 1. The van der Waals surface area contributed by atoms with Crippen LogP contribution < -0.4 is 15.1 Å². The zero-order valence-electron chi connectivity index (χ0n) is 12.1. The molecule has 0 spiro atoms. The van der Waals surface area contributed by atoms with Gasteiger partial charge in [0, 0.05) is 45.1 Å². The molecule has 3 rings (SSSR count). The van der Waals surface area contributed by atoms with Crippen LogP contribution in [0.2, 0.25) is 0 Å². The molecule has 2 aromatic heterocycles. The van der Waals surface area contributed by atoms with Crippen molar-refractivity contribution in [3.8, 4) is 0 Å². The summed E-state index contributed by atoms with van der Waals surface area (Å²) < 4.78 is 0. The average molecular weight is 285 g/mol. The molecule has 0 bridgehead atoms. The third-order valence-corrected chi connectivity index (χ3v) is 3.50. The summed E-state index contributed by atoms with van der Waals surface area (Å²) in [6.07, 6.45) is 3.56. The van der Waals surface area contributed by atoms with Gasteiger partial charge in [-0.2, -0.15) is 5.10 Å². The topological polar surface area (TPSA) is 70.1 Å². The van der Waals surface area contributed by atoms with Crippen molar-refractivity contribution in [3.63, 3.8) is 0 Å². The van der Waals surface area contributed by atoms with Gasteiger partial charge in [0.15, 0.2) is 5.82 Å². The number of anilines is 2. The minimum absolute atomic E-state index is 0.742. The lowest BCUT2D eigenvalue weighted by atomic mass is 10.3. The maximum Gasteiger partial charge on any atom is 0.225 e. The molecule has 0 saturated carbocycles. The fourth-order valence-electron chi connectivity index (χ4n) is 2.39. The first-order chi connectivity index (χ1) is 10.4. The van der Waals surface area contributed by atoms with E-state index in [4.69, 9.17) is 0 Å². The first-order valence-electron chi connectivity index (χ1n) is 7.11. The SMILES string of the molecule is CNCc1ccc(N2CCN(c3ncccn3)CC2)nn1. The van der Waals surface area contributed by atoms with E-state index < -0.39 is 0 Å². The van der Waals surface area contributed by atoms with Crippen molar-refractivity contribution >= 4 is 11.8 Å². The van der Waals surface area contributed by atoms with E-state index in [0.29, 0.717) is 0 Å². The molecular weight excluding hydrogens is 266 g/mol. The Morgan fingerprint density at radius 1 is 1.00 bits per heavy atom. The summed E-state index contributed by atoms with van der Waals surface area (Å²) in [5, 5.41) is 11.6. The monoisotopic (exact) mass is 285 g/mol. The molecule has 1 aliphatic rings. The second kappa shape index (κ2) is 6.45. The van der Waals surface area contributed by atoms with E-state index >= 15 is 0 Å². The molecule has 1 N–H and O–H groups in total. The Kier molecular flexibility index (Phi) is 4.20. The summed E-state index contributed by atoms with van der Waals surface area (Å²) in [6.45, 7) is 4.33. The summed E-state index contributed by atoms with van der Waals surface area (Å²) in [6, 6.07) is 5.89. The largest absolute Gasteiger partial charge is 0.352 e. The fourth-order valence-corrected chi connectivity index (χ4v) is 2.39. The van der Waals surface area contributed by atoms with Crippen molar-refractivity contribution in [2.75, 3.05) is 43.0 Å². The number of nitrogens with one attached hydrogen (secondary N) is 1. The van der Waals surface area contributed by atoms with Gasteiger partial charge in [-0.15, -0.1) is 5.10 Å². The van der Waals surface area contributed by atoms with Gasteiger partial charge in [-0.3, -0.25) is 0 Å². The minimum atomic E-state index is 0.742. The maximum absolute atomic E-state index is 4.30. The van der Waals surface area contributed by atoms with Crippen molar-refractivity contribution in [1.82, 2.24) is 25.5 Å². The molecule has 110 valence electrons. The lowest BCUT2D eigenvalue weighted by Crippen LogP contribution is -2.47. The van der Waals surface area contributed by atoms with Gasteiger partial charge in [0.1, 0.15) is 0 Å². The van der Waals surface area contributed by atoms with E-state index in [2.05, 4.69) is 35.3 Å². The fraction of sp³-hybridized carbons (Fsp3) is 0.429. The highest BCUT2D eigenvalue weighted by Gasteiger charge is 2.19. The molecule has 0 amide bonds. The second-order valence-electron chi connectivity index (χ2n) is 4.94. The van der Waals surface area contributed by atoms with Gasteiger partial charge in [0.2, 0.25) is 5.95 Å². The van der Waals surface area contributed by atoms with Crippen LogP contribution in [0.25, 0.3) is 0 Å². The summed E-state index contributed by atoms with van der Waals surface area (Å²) in [7, 11) is 1.90. The minimum Gasteiger partial charge on any atom is -0.352 e. The predicted octanol–water partition coefficient (Wildman–Crippen LogP) is 0.313. The lowest BCUT2D eigenvalue weighted by Gasteiger charge is -2.35. The molecule has 7 nitrogen and oxygen atoms in total. The smallest absolute Gasteiger partial charge is 0.225 e. The third-order valence-electron chi connectivity index (χ3n) is 3.50. The quantitative estimate of drug-likeness (QED) is 0.867. The molecule has 1 saturated heterocycles. The van der Waals surface area contributed by atoms with Crippen LogP contribution in [0.3, 0.4) is 0 Å². The van der Waals surface area contributed by atoms with Crippen LogP contribution >= 0.6 is 0 Å². The van der Waals surface area contributed by atoms with Crippen molar-refractivity contribution in [1.29, 1.82) is 0 Å². The zero-order chi connectivity index (χ0) is 14.5. The molecular formula is C14H19N7. The molecule has 3 heterocycles. The normalized spacial score (nSPS) is 15.3. The van der Waals surface area contributed by atoms with E-state index in [1.54, 1.807) is 12.4 Å². The van der Waals surface area contributed by atoms with Gasteiger partial charge >= 0.3 is 0 Å². The maximum atomic E-state index is 4.30. The van der Waals surface area contributed by atoms with E-state index in [0.717, 1.165) is 50.2 Å². The van der Waals surface area contributed by atoms with Crippen LogP contribution in [0, 0.1) is 0 Å². The Morgan fingerprint density at radius 3 is 2.33 bits per heavy atom. The Morgan fingerprint density at radius 2 is 1.71 bits per heavy atom. The van der Waals surface area contributed by atoms with Crippen molar-refractivity contribution < 1.29 is 0 Å². The highest BCUT2D eigenvalue weighted by Crippen LogP contribution is 2.15. The molecule has 0 aliphatic carbocycles. The van der Waals surface area contributed by atoms with Crippen LogP contribution in [-0.4, -0.2) is 53.4 Å². The molecule has 2 aromatic rings. The van der Waals surface area contributed by atoms with Crippen molar-refractivity contribution in [2.24, 2.45) is 0 Å². The molecule has 1 aliphatic heterocycles. The second-order valence-corrected chi connectivity index (χ2v) is 4.94. The Labute approximate surface area is 124 Å². The number of rotatable bonds is 4. The third kappa shape index (κ3) is 3.25. The van der Waals surface area contributed by atoms with Gasteiger partial charge < -0.3 is 15.1 Å². The van der Waals surface area contributed by atoms with E-state index in [9.17, 15) is 0 Å². The van der Waals surface area contributed by atoms with Crippen LogP contribution in [0.4, 0.5) is 11.8 Å². The van der Waals surface area contributed by atoms with E-state index in [-0.39, 0.29) is 0 Å². The molecule has 7 heteroatoms. The Bertz CT molecular complexity index is 549. The van der Waals surface area contributed by atoms with Gasteiger partial charge in [-0.25, -0.2) is 9.97 Å². The van der Waals surface area contributed by atoms with Gasteiger partial charge in [-0.05, 0) is 25.2 Å². The average Bonchev–Trinajstić information content (AvgIpc) is 2.57. The first kappa shape index (κ1) is 13.7. The first-order valence-corrected chi connectivity index (χ1v) is 7.11. The van der Waals surface area contributed by atoms with E-state index in [1.807, 2.05) is 25.2 Å².